The molecule has 136 valence electrons. The van der Waals surface area contributed by atoms with E-state index in [-0.39, 0.29) is 12.5 Å². The highest BCUT2D eigenvalue weighted by atomic mass is 19.1. The minimum atomic E-state index is -1.07. The van der Waals surface area contributed by atoms with E-state index in [1.54, 1.807) is 12.4 Å². The van der Waals surface area contributed by atoms with E-state index < -0.39 is 12.2 Å². The summed E-state index contributed by atoms with van der Waals surface area (Å²) in [5.74, 6) is 0.590. The minimum absolute atomic E-state index is 0.124. The number of nitrogens with one attached hydrogen (secondary N) is 1. The number of hydrogen-bond acceptors (Lipinski definition) is 3. The number of aromatic nitrogens is 1. The molecule has 1 N–H and O–H groups in total. The highest BCUT2D eigenvalue weighted by Gasteiger charge is 2.34. The fourth-order valence-corrected chi connectivity index (χ4v) is 3.59. The van der Waals surface area contributed by atoms with Crippen molar-refractivity contribution in [3.63, 3.8) is 0 Å². The first-order chi connectivity index (χ1) is 12.6. The largest absolute Gasteiger partial charge is 0.365 e. The summed E-state index contributed by atoms with van der Waals surface area (Å²) in [6.45, 7) is 2.72. The first-order valence-corrected chi connectivity index (χ1v) is 9.27. The molecule has 1 aliphatic heterocycles. The number of rotatable bonds is 5. The van der Waals surface area contributed by atoms with Gasteiger partial charge in [-0.05, 0) is 48.4 Å². The van der Waals surface area contributed by atoms with E-state index in [1.165, 1.54) is 18.4 Å². The van der Waals surface area contributed by atoms with Gasteiger partial charge in [0.1, 0.15) is 6.17 Å². The molecule has 1 aromatic carbocycles. The summed E-state index contributed by atoms with van der Waals surface area (Å²) in [6, 6.07) is 9.76. The average Bonchev–Trinajstić information content (AvgIpc) is 3.40. The molecule has 1 saturated carbocycles. The van der Waals surface area contributed by atoms with Crippen LogP contribution < -0.4 is 10.2 Å². The molecule has 1 amide bonds. The van der Waals surface area contributed by atoms with Crippen molar-refractivity contribution in [2.24, 2.45) is 0 Å². The van der Waals surface area contributed by atoms with Gasteiger partial charge in [-0.2, -0.15) is 0 Å². The highest BCUT2D eigenvalue weighted by Crippen LogP contribution is 2.39. The minimum Gasteiger partial charge on any atom is -0.365 e. The molecule has 0 radical (unpaired) electrons. The molecule has 4 rings (SSSR count). The molecule has 1 aliphatic carbocycles. The topological polar surface area (TPSA) is 45.2 Å². The monoisotopic (exact) mass is 353 g/mol. The van der Waals surface area contributed by atoms with Crippen molar-refractivity contribution >= 4 is 11.6 Å². The maximum atomic E-state index is 14.4. The normalized spacial score (nSPS) is 22.5. The van der Waals surface area contributed by atoms with Gasteiger partial charge in [0.2, 0.25) is 5.91 Å². The van der Waals surface area contributed by atoms with Crippen LogP contribution in [0.2, 0.25) is 0 Å². The zero-order chi connectivity index (χ0) is 18.1. The van der Waals surface area contributed by atoms with Crippen LogP contribution >= 0.6 is 0 Å². The van der Waals surface area contributed by atoms with Crippen molar-refractivity contribution in [1.82, 2.24) is 10.3 Å². The number of nitrogens with zero attached hydrogens (tertiary/aromatic N) is 2. The summed E-state index contributed by atoms with van der Waals surface area (Å²) < 4.78 is 14.4. The number of alkyl halides is 1. The Hall–Kier alpha value is -2.43. The van der Waals surface area contributed by atoms with Crippen LogP contribution in [0.1, 0.15) is 35.4 Å². The molecule has 26 heavy (non-hydrogen) atoms. The third-order valence-electron chi connectivity index (χ3n) is 5.21. The third-order valence-corrected chi connectivity index (χ3v) is 5.21. The predicted octanol–water partition coefficient (Wildman–Crippen LogP) is 3.15. The van der Waals surface area contributed by atoms with Gasteiger partial charge in [0.15, 0.2) is 0 Å². The molecule has 2 heterocycles. The first-order valence-electron chi connectivity index (χ1n) is 9.27. The lowest BCUT2D eigenvalue weighted by Gasteiger charge is -2.18. The van der Waals surface area contributed by atoms with Gasteiger partial charge in [0.05, 0.1) is 30.9 Å². The SMILES string of the molecule is Cc1cncc(N2C[C@H](NC(=O)Cc3ccc(C4CC4)cc3)[C@@H](F)C2)c1. The number of halogens is 1. The van der Waals surface area contributed by atoms with Crippen LogP contribution in [-0.4, -0.2) is 36.2 Å². The van der Waals surface area contributed by atoms with Crippen molar-refractivity contribution in [3.05, 3.63) is 59.4 Å². The van der Waals surface area contributed by atoms with Gasteiger partial charge in [-0.25, -0.2) is 4.39 Å². The van der Waals surface area contributed by atoms with Crippen LogP contribution in [0.25, 0.3) is 0 Å². The quantitative estimate of drug-likeness (QED) is 0.898. The van der Waals surface area contributed by atoms with E-state index in [0.29, 0.717) is 18.9 Å². The smallest absolute Gasteiger partial charge is 0.224 e. The van der Waals surface area contributed by atoms with Gasteiger partial charge in [-0.15, -0.1) is 0 Å². The van der Waals surface area contributed by atoms with Gasteiger partial charge in [-0.3, -0.25) is 9.78 Å². The molecule has 1 saturated heterocycles. The Morgan fingerprint density at radius 3 is 2.69 bits per heavy atom. The Morgan fingerprint density at radius 2 is 2.00 bits per heavy atom. The molecule has 5 heteroatoms. The van der Waals surface area contributed by atoms with E-state index in [0.717, 1.165) is 16.8 Å². The van der Waals surface area contributed by atoms with Gasteiger partial charge in [0.25, 0.3) is 0 Å². The summed E-state index contributed by atoms with van der Waals surface area (Å²) in [6.07, 6.45) is 5.28. The van der Waals surface area contributed by atoms with Crippen LogP contribution in [0.5, 0.6) is 0 Å². The Morgan fingerprint density at radius 1 is 1.23 bits per heavy atom. The summed E-state index contributed by atoms with van der Waals surface area (Å²) in [7, 11) is 0. The fourth-order valence-electron chi connectivity index (χ4n) is 3.59. The Bertz CT molecular complexity index is 788. The number of pyridine rings is 1. The Kier molecular flexibility index (Phi) is 4.62. The van der Waals surface area contributed by atoms with E-state index in [4.69, 9.17) is 0 Å². The lowest BCUT2D eigenvalue weighted by molar-refractivity contribution is -0.121. The Labute approximate surface area is 153 Å². The molecule has 2 atom stereocenters. The van der Waals surface area contributed by atoms with Crippen LogP contribution in [0.3, 0.4) is 0 Å². The van der Waals surface area contributed by atoms with Crippen molar-refractivity contribution in [2.75, 3.05) is 18.0 Å². The van der Waals surface area contributed by atoms with Crippen LogP contribution in [-0.2, 0) is 11.2 Å². The zero-order valence-electron chi connectivity index (χ0n) is 15.0. The third kappa shape index (κ3) is 3.87. The number of anilines is 1. The molecule has 4 nitrogen and oxygen atoms in total. The number of hydrogen-bond donors (Lipinski definition) is 1. The second-order valence-corrected chi connectivity index (χ2v) is 7.51. The van der Waals surface area contributed by atoms with E-state index in [9.17, 15) is 9.18 Å². The van der Waals surface area contributed by atoms with E-state index in [1.807, 2.05) is 30.0 Å². The molecule has 0 unspecified atom stereocenters. The molecule has 2 aromatic rings. The summed E-state index contributed by atoms with van der Waals surface area (Å²) in [4.78, 5) is 18.4. The maximum absolute atomic E-state index is 14.4. The first kappa shape index (κ1) is 17.0. The number of benzene rings is 1. The zero-order valence-corrected chi connectivity index (χ0v) is 15.0. The van der Waals surface area contributed by atoms with Crippen molar-refractivity contribution in [3.8, 4) is 0 Å². The molecular formula is C21H24FN3O. The number of carbonyl (C=O) groups excluding carboxylic acids is 1. The van der Waals surface area contributed by atoms with Crippen LogP contribution in [0.4, 0.5) is 10.1 Å². The van der Waals surface area contributed by atoms with Gasteiger partial charge < -0.3 is 10.2 Å². The van der Waals surface area contributed by atoms with E-state index in [2.05, 4.69) is 22.4 Å². The fraction of sp³-hybridized carbons (Fsp3) is 0.429. The second kappa shape index (κ2) is 7.06. The molecule has 1 aromatic heterocycles. The average molecular weight is 353 g/mol. The molecule has 0 spiro atoms. The van der Waals surface area contributed by atoms with E-state index >= 15 is 0 Å². The maximum Gasteiger partial charge on any atom is 0.224 e. The number of amides is 1. The summed E-state index contributed by atoms with van der Waals surface area (Å²) in [5.41, 5.74) is 4.27. The molecule has 2 fully saturated rings. The standard InChI is InChI=1S/C21H24FN3O/c1-14-8-18(11-23-10-14)25-12-19(22)20(13-25)24-21(26)9-15-2-4-16(5-3-15)17-6-7-17/h2-5,8,10-11,17,19-20H,6-7,9,12-13H2,1H3,(H,24,26)/t19-,20-/m0/s1. The lowest BCUT2D eigenvalue weighted by Crippen LogP contribution is -2.42. The Balaban J connectivity index is 1.33. The summed E-state index contributed by atoms with van der Waals surface area (Å²) in [5, 5.41) is 2.87. The van der Waals surface area contributed by atoms with Crippen LogP contribution in [0, 0.1) is 6.92 Å². The number of aryl methyl sites for hydroxylation is 1. The van der Waals surface area contributed by atoms with Crippen molar-refractivity contribution < 1.29 is 9.18 Å². The molecule has 2 aliphatic rings. The molecular weight excluding hydrogens is 329 g/mol. The highest BCUT2D eigenvalue weighted by molar-refractivity contribution is 5.79. The second-order valence-electron chi connectivity index (χ2n) is 7.51. The lowest BCUT2D eigenvalue weighted by atomic mass is 10.1. The number of carbonyl (C=O) groups is 1. The van der Waals surface area contributed by atoms with Gasteiger partial charge in [0, 0.05) is 12.7 Å². The van der Waals surface area contributed by atoms with Gasteiger partial charge >= 0.3 is 0 Å². The predicted molar refractivity (Wildman–Crippen MR) is 100 cm³/mol. The van der Waals surface area contributed by atoms with Crippen molar-refractivity contribution in [2.45, 2.75) is 44.3 Å². The summed E-state index contributed by atoms with van der Waals surface area (Å²) >= 11 is 0. The van der Waals surface area contributed by atoms with Crippen LogP contribution in [0.15, 0.2) is 42.7 Å². The van der Waals surface area contributed by atoms with Gasteiger partial charge in [-0.1, -0.05) is 24.3 Å². The molecule has 0 bridgehead atoms. The van der Waals surface area contributed by atoms with Crippen molar-refractivity contribution in [1.29, 1.82) is 0 Å².